The molecular formula is C34H35N5O7. The molecule has 5 rings (SSSR count). The van der Waals surface area contributed by atoms with Crippen molar-refractivity contribution in [3.05, 3.63) is 94.8 Å². The van der Waals surface area contributed by atoms with E-state index < -0.39 is 29.7 Å². The number of imide groups is 2. The summed E-state index contributed by atoms with van der Waals surface area (Å²) in [6.07, 6.45) is 6.18. The molecule has 0 spiro atoms. The molecule has 1 aromatic heterocycles. The Morgan fingerprint density at radius 2 is 1.91 bits per heavy atom. The van der Waals surface area contributed by atoms with Gasteiger partial charge in [0.05, 0.1) is 30.2 Å². The summed E-state index contributed by atoms with van der Waals surface area (Å²) in [5.74, 6) is -2.32. The molecule has 1 saturated heterocycles. The second-order valence-electron chi connectivity index (χ2n) is 11.0. The number of pyridine rings is 1. The van der Waals surface area contributed by atoms with Crippen LogP contribution in [0.15, 0.2) is 72.6 Å². The fourth-order valence-corrected chi connectivity index (χ4v) is 5.54. The van der Waals surface area contributed by atoms with E-state index in [1.165, 1.54) is 12.1 Å². The second kappa shape index (κ2) is 14.6. The molecule has 12 heteroatoms. The molecule has 12 nitrogen and oxygen atoms in total. The molecule has 2 aromatic carbocycles. The summed E-state index contributed by atoms with van der Waals surface area (Å²) in [4.78, 5) is 67.7. The summed E-state index contributed by atoms with van der Waals surface area (Å²) < 4.78 is 5.75. The lowest BCUT2D eigenvalue weighted by molar-refractivity contribution is -0.136. The van der Waals surface area contributed by atoms with Crippen molar-refractivity contribution in [1.29, 1.82) is 0 Å². The monoisotopic (exact) mass is 625 g/mol. The molecule has 3 heterocycles. The Kier molecular flexibility index (Phi) is 10.2. The SMILES string of the molecule is C/C(=C\c1ccccc1O)C(NCCCNC(=O)CCOc1cccc2c1C(=O)N(C1CCC(=O)NC1=O)C2=O)c1cccnc1. The van der Waals surface area contributed by atoms with E-state index >= 15 is 0 Å². The minimum absolute atomic E-state index is 0.0246. The Hall–Kier alpha value is -5.36. The van der Waals surface area contributed by atoms with Crippen molar-refractivity contribution in [3.8, 4) is 11.5 Å². The van der Waals surface area contributed by atoms with Crippen LogP contribution in [-0.2, 0) is 14.4 Å². The van der Waals surface area contributed by atoms with Crippen molar-refractivity contribution >= 4 is 35.6 Å². The first-order chi connectivity index (χ1) is 22.2. The van der Waals surface area contributed by atoms with E-state index in [9.17, 15) is 29.1 Å². The van der Waals surface area contributed by atoms with Crippen molar-refractivity contribution in [2.45, 2.75) is 44.7 Å². The lowest BCUT2D eigenvalue weighted by atomic mass is 9.98. The molecule has 1 fully saturated rings. The van der Waals surface area contributed by atoms with Crippen LogP contribution in [0.2, 0.25) is 0 Å². The third-order valence-corrected chi connectivity index (χ3v) is 7.83. The first-order valence-electron chi connectivity index (χ1n) is 15.1. The third-order valence-electron chi connectivity index (χ3n) is 7.83. The number of benzene rings is 2. The maximum absolute atomic E-state index is 13.2. The largest absolute Gasteiger partial charge is 0.507 e. The Morgan fingerprint density at radius 1 is 1.09 bits per heavy atom. The molecule has 3 aromatic rings. The van der Waals surface area contributed by atoms with Gasteiger partial charge in [-0.3, -0.25) is 39.2 Å². The molecule has 46 heavy (non-hydrogen) atoms. The molecule has 0 radical (unpaired) electrons. The number of aromatic hydroxyl groups is 1. The maximum atomic E-state index is 13.2. The van der Waals surface area contributed by atoms with Gasteiger partial charge in [0.15, 0.2) is 0 Å². The van der Waals surface area contributed by atoms with Crippen LogP contribution in [0.4, 0.5) is 0 Å². The number of hydrogen-bond acceptors (Lipinski definition) is 9. The first-order valence-corrected chi connectivity index (χ1v) is 15.1. The number of aromatic nitrogens is 1. The number of amides is 5. The van der Waals surface area contributed by atoms with Gasteiger partial charge in [0.2, 0.25) is 17.7 Å². The van der Waals surface area contributed by atoms with Gasteiger partial charge >= 0.3 is 0 Å². The summed E-state index contributed by atoms with van der Waals surface area (Å²) in [5.41, 5.74) is 2.83. The minimum atomic E-state index is -1.07. The number of carbonyl (C=O) groups excluding carboxylic acids is 5. The number of piperidine rings is 1. The Morgan fingerprint density at radius 3 is 2.67 bits per heavy atom. The van der Waals surface area contributed by atoms with E-state index in [1.54, 1.807) is 30.6 Å². The van der Waals surface area contributed by atoms with Gasteiger partial charge < -0.3 is 20.5 Å². The number of fused-ring (bicyclic) bond motifs is 1. The van der Waals surface area contributed by atoms with Gasteiger partial charge in [0.25, 0.3) is 11.8 Å². The van der Waals surface area contributed by atoms with Crippen LogP contribution >= 0.6 is 0 Å². The fraction of sp³-hybridized carbons (Fsp3) is 0.294. The van der Waals surface area contributed by atoms with Crippen LogP contribution in [0.1, 0.15) is 70.5 Å². The number of phenols is 1. The number of ether oxygens (including phenoxy) is 1. The van der Waals surface area contributed by atoms with Gasteiger partial charge in [-0.2, -0.15) is 0 Å². The highest BCUT2D eigenvalue weighted by Crippen LogP contribution is 2.33. The Balaban J connectivity index is 1.10. The highest BCUT2D eigenvalue weighted by molar-refractivity contribution is 6.24. The smallest absolute Gasteiger partial charge is 0.266 e. The predicted molar refractivity (Wildman–Crippen MR) is 168 cm³/mol. The summed E-state index contributed by atoms with van der Waals surface area (Å²) >= 11 is 0. The molecule has 4 N–H and O–H groups in total. The normalized spacial score (nSPS) is 17.0. The third kappa shape index (κ3) is 7.29. The molecule has 0 saturated carbocycles. The molecule has 2 aliphatic heterocycles. The quantitative estimate of drug-likeness (QED) is 0.165. The van der Waals surface area contributed by atoms with Crippen molar-refractivity contribution < 1.29 is 33.8 Å². The van der Waals surface area contributed by atoms with E-state index in [0.717, 1.165) is 16.0 Å². The molecule has 5 amide bonds. The van der Waals surface area contributed by atoms with E-state index in [1.807, 2.05) is 37.3 Å². The zero-order valence-electron chi connectivity index (χ0n) is 25.3. The van der Waals surface area contributed by atoms with E-state index in [0.29, 0.717) is 25.1 Å². The maximum Gasteiger partial charge on any atom is 0.266 e. The van der Waals surface area contributed by atoms with Gasteiger partial charge in [-0.15, -0.1) is 0 Å². The number of para-hydroxylation sites is 1. The van der Waals surface area contributed by atoms with Gasteiger partial charge in [0.1, 0.15) is 17.5 Å². The Bertz CT molecular complexity index is 1670. The first kappa shape index (κ1) is 32.0. The van der Waals surface area contributed by atoms with Crippen LogP contribution in [0.25, 0.3) is 6.08 Å². The summed E-state index contributed by atoms with van der Waals surface area (Å²) in [7, 11) is 0. The van der Waals surface area contributed by atoms with E-state index in [-0.39, 0.29) is 60.4 Å². The van der Waals surface area contributed by atoms with Crippen molar-refractivity contribution in [2.75, 3.05) is 19.7 Å². The van der Waals surface area contributed by atoms with Gasteiger partial charge in [-0.1, -0.05) is 42.0 Å². The van der Waals surface area contributed by atoms with Crippen LogP contribution in [-0.4, -0.2) is 70.3 Å². The van der Waals surface area contributed by atoms with E-state index in [2.05, 4.69) is 20.9 Å². The van der Waals surface area contributed by atoms with E-state index in [4.69, 9.17) is 4.74 Å². The van der Waals surface area contributed by atoms with Crippen LogP contribution in [0.5, 0.6) is 11.5 Å². The zero-order chi connectivity index (χ0) is 32.6. The zero-order valence-corrected chi connectivity index (χ0v) is 25.3. The molecule has 0 bridgehead atoms. The average Bonchev–Trinajstić information content (AvgIpc) is 3.30. The second-order valence-corrected chi connectivity index (χ2v) is 11.0. The molecule has 238 valence electrons. The molecule has 2 unspecified atom stereocenters. The molecule has 0 aliphatic carbocycles. The molecule has 2 aliphatic rings. The highest BCUT2D eigenvalue weighted by atomic mass is 16.5. The van der Waals surface area contributed by atoms with Gasteiger partial charge in [-0.05, 0) is 56.1 Å². The van der Waals surface area contributed by atoms with Crippen LogP contribution in [0, 0.1) is 0 Å². The van der Waals surface area contributed by atoms with Gasteiger partial charge in [-0.25, -0.2) is 0 Å². The van der Waals surface area contributed by atoms with Crippen LogP contribution < -0.4 is 20.7 Å². The van der Waals surface area contributed by atoms with Crippen molar-refractivity contribution in [2.24, 2.45) is 0 Å². The number of nitrogens with one attached hydrogen (secondary N) is 3. The summed E-state index contributed by atoms with van der Waals surface area (Å²) in [5, 5.41) is 18.7. The molecule has 2 atom stereocenters. The van der Waals surface area contributed by atoms with Crippen molar-refractivity contribution in [1.82, 2.24) is 25.8 Å². The topological polar surface area (TPSA) is 167 Å². The minimum Gasteiger partial charge on any atom is -0.507 e. The summed E-state index contributed by atoms with van der Waals surface area (Å²) in [6, 6.07) is 14.3. The van der Waals surface area contributed by atoms with Crippen molar-refractivity contribution in [3.63, 3.8) is 0 Å². The standard InChI is InChI=1S/C34H35N5O7/c1-21(19-22-7-2-3-10-26(22)40)31(23-8-5-15-35-20-23)37-17-6-16-36-28(41)14-18-46-27-11-4-9-24-30(27)34(45)39(33(24)44)25-12-13-29(42)38-32(25)43/h2-5,7-11,15,19-20,25,31,37,40H,6,12-14,16-18H2,1H3,(H,36,41)(H,38,42,43)/b21-19+. The average molecular weight is 626 g/mol. The fourth-order valence-electron chi connectivity index (χ4n) is 5.54. The number of phenolic OH excluding ortho intramolecular Hbond substituents is 1. The summed E-state index contributed by atoms with van der Waals surface area (Å²) in [6.45, 7) is 2.97. The van der Waals surface area contributed by atoms with Gasteiger partial charge in [0, 0.05) is 30.9 Å². The van der Waals surface area contributed by atoms with Crippen LogP contribution in [0.3, 0.4) is 0 Å². The number of nitrogens with zero attached hydrogens (tertiary/aromatic N) is 2. The molecular weight excluding hydrogens is 590 g/mol. The lowest BCUT2D eigenvalue weighted by Gasteiger charge is -2.27. The Labute approximate surface area is 265 Å². The number of hydrogen-bond donors (Lipinski definition) is 4. The lowest BCUT2D eigenvalue weighted by Crippen LogP contribution is -2.54. The number of carbonyl (C=O) groups is 5. The highest BCUT2D eigenvalue weighted by Gasteiger charge is 2.46. The predicted octanol–water partition coefficient (Wildman–Crippen LogP) is 2.90. The number of rotatable bonds is 13.